The van der Waals surface area contributed by atoms with Crippen LogP contribution in [-0.2, 0) is 14.6 Å². The number of anilines is 1. The van der Waals surface area contributed by atoms with Crippen LogP contribution in [0.4, 0.5) is 5.13 Å². The van der Waals surface area contributed by atoms with E-state index in [9.17, 15) is 23.3 Å². The van der Waals surface area contributed by atoms with Crippen molar-refractivity contribution < 1.29 is 27.5 Å². The first-order valence-electron chi connectivity index (χ1n) is 10.6. The van der Waals surface area contributed by atoms with Crippen LogP contribution in [0.1, 0.15) is 36.0 Å². The summed E-state index contributed by atoms with van der Waals surface area (Å²) in [5.41, 5.74) is 0.182. The summed E-state index contributed by atoms with van der Waals surface area (Å²) in [6, 6.07) is 9.79. The molecule has 3 rings (SSSR count). The summed E-state index contributed by atoms with van der Waals surface area (Å²) in [6.45, 7) is 5.57. The number of esters is 1. The van der Waals surface area contributed by atoms with Gasteiger partial charge in [0.05, 0.1) is 12.4 Å². The van der Waals surface area contributed by atoms with Crippen LogP contribution in [0.3, 0.4) is 0 Å². The van der Waals surface area contributed by atoms with Crippen LogP contribution in [0.2, 0.25) is 0 Å². The number of benzene rings is 1. The molecule has 1 N–H and O–H groups in total. The van der Waals surface area contributed by atoms with E-state index in [2.05, 4.69) is 14.7 Å². The molecule has 0 atom stereocenters. The number of ether oxygens (including phenoxy) is 2. The van der Waals surface area contributed by atoms with E-state index in [-0.39, 0.29) is 39.0 Å². The van der Waals surface area contributed by atoms with Gasteiger partial charge in [-0.25, -0.2) is 13.2 Å². The molecule has 13 heteroatoms. The Kier molecular flexibility index (Phi) is 8.92. The molecule has 0 aliphatic heterocycles. The Hall–Kier alpha value is -3.60. The van der Waals surface area contributed by atoms with Crippen molar-refractivity contribution >= 4 is 55.8 Å². The van der Waals surface area contributed by atoms with Crippen LogP contribution in [0, 0.1) is 17.2 Å². The number of aromatic nitrogens is 2. The van der Waals surface area contributed by atoms with Crippen molar-refractivity contribution in [2.45, 2.75) is 25.9 Å². The van der Waals surface area contributed by atoms with E-state index in [1.165, 1.54) is 29.5 Å². The molecule has 2 heterocycles. The minimum atomic E-state index is -3.68. The second-order valence-corrected chi connectivity index (χ2v) is 11.3. The van der Waals surface area contributed by atoms with Crippen molar-refractivity contribution in [3.05, 3.63) is 51.7 Å². The summed E-state index contributed by atoms with van der Waals surface area (Å²) >= 11 is 1.95. The van der Waals surface area contributed by atoms with Crippen LogP contribution in [-0.4, -0.2) is 42.0 Å². The number of carbonyl (C=O) groups is 2. The van der Waals surface area contributed by atoms with E-state index in [0.717, 1.165) is 0 Å². The third-order valence-electron chi connectivity index (χ3n) is 4.33. The van der Waals surface area contributed by atoms with Crippen LogP contribution >= 0.6 is 22.9 Å². The normalized spacial score (nSPS) is 11.7. The molecule has 2 aromatic heterocycles. The first-order chi connectivity index (χ1) is 17.1. The molecular weight excluding hydrogens is 524 g/mol. The molecule has 3 aromatic rings. The fourth-order valence-corrected chi connectivity index (χ4v) is 5.84. The fraction of sp³-hybridized carbons (Fsp3) is 0.261. The minimum Gasteiger partial charge on any atom is -0.490 e. The first kappa shape index (κ1) is 27.0. The molecule has 1 amide bonds. The maximum atomic E-state index is 12.6. The smallest absolute Gasteiger partial charge is 0.353 e. The van der Waals surface area contributed by atoms with E-state index in [1.54, 1.807) is 44.4 Å². The fourth-order valence-electron chi connectivity index (χ4n) is 2.89. The lowest BCUT2D eigenvalue weighted by Gasteiger charge is -2.11. The summed E-state index contributed by atoms with van der Waals surface area (Å²) in [5, 5.41) is 13.3. The van der Waals surface area contributed by atoms with Gasteiger partial charge in [0.2, 0.25) is 15.0 Å². The molecule has 0 spiro atoms. The molecule has 0 fully saturated rings. The second-order valence-electron chi connectivity index (χ2n) is 7.69. The molecule has 36 heavy (non-hydrogen) atoms. The quantitative estimate of drug-likeness (QED) is 0.171. The number of hydrogen-bond donors (Lipinski definition) is 1. The zero-order chi connectivity index (χ0) is 26.3. The Balaban J connectivity index is 1.78. The number of amides is 1. The van der Waals surface area contributed by atoms with Crippen molar-refractivity contribution in [2.24, 2.45) is 5.92 Å². The lowest BCUT2D eigenvalue weighted by atomic mass is 10.1. The largest absolute Gasteiger partial charge is 0.490 e. The molecule has 0 aliphatic carbocycles. The Bertz CT molecular complexity index is 1420. The van der Waals surface area contributed by atoms with Gasteiger partial charge in [0.15, 0.2) is 11.5 Å². The number of nitrogens with one attached hydrogen (secondary N) is 1. The van der Waals surface area contributed by atoms with Gasteiger partial charge >= 0.3 is 5.97 Å². The molecule has 0 bridgehead atoms. The Morgan fingerprint density at radius 3 is 2.67 bits per heavy atom. The predicted molar refractivity (Wildman–Crippen MR) is 136 cm³/mol. The summed E-state index contributed by atoms with van der Waals surface area (Å²) in [4.78, 5) is 29.2. The second kappa shape index (κ2) is 11.9. The summed E-state index contributed by atoms with van der Waals surface area (Å²) in [5.74, 6) is -1.10. The molecule has 0 saturated heterocycles. The van der Waals surface area contributed by atoms with Gasteiger partial charge in [0.25, 0.3) is 11.1 Å². The Labute approximate surface area is 216 Å². The highest BCUT2D eigenvalue weighted by Crippen LogP contribution is 2.30. The van der Waals surface area contributed by atoms with Gasteiger partial charge in [-0.2, -0.15) is 14.6 Å². The van der Waals surface area contributed by atoms with Gasteiger partial charge < -0.3 is 9.47 Å². The van der Waals surface area contributed by atoms with Gasteiger partial charge in [-0.15, -0.1) is 11.3 Å². The highest BCUT2D eigenvalue weighted by Gasteiger charge is 2.23. The lowest BCUT2D eigenvalue weighted by molar-refractivity contribution is -0.112. The average molecular weight is 547 g/mol. The van der Waals surface area contributed by atoms with E-state index in [4.69, 9.17) is 9.47 Å². The van der Waals surface area contributed by atoms with Gasteiger partial charge in [-0.3, -0.25) is 10.1 Å². The van der Waals surface area contributed by atoms with Crippen LogP contribution < -0.4 is 14.8 Å². The van der Waals surface area contributed by atoms with Crippen molar-refractivity contribution in [3.63, 3.8) is 0 Å². The van der Waals surface area contributed by atoms with Gasteiger partial charge in [0, 0.05) is 11.5 Å². The Morgan fingerprint density at radius 1 is 1.25 bits per heavy atom. The molecule has 10 nitrogen and oxygen atoms in total. The molecular formula is C23H22N4O6S3. The summed E-state index contributed by atoms with van der Waals surface area (Å²) in [6.07, 6.45) is 1.32. The summed E-state index contributed by atoms with van der Waals surface area (Å²) in [7, 11) is -3.68. The van der Waals surface area contributed by atoms with E-state index in [1.807, 2.05) is 6.07 Å². The minimum absolute atomic E-state index is 0.0469. The zero-order valence-corrected chi connectivity index (χ0v) is 22.0. The van der Waals surface area contributed by atoms with Gasteiger partial charge in [-0.05, 0) is 48.1 Å². The van der Waals surface area contributed by atoms with Crippen LogP contribution in [0.5, 0.6) is 11.5 Å². The number of hydrogen-bond acceptors (Lipinski definition) is 11. The summed E-state index contributed by atoms with van der Waals surface area (Å²) < 4.78 is 39.4. The number of rotatable bonds is 10. The van der Waals surface area contributed by atoms with Gasteiger partial charge in [-0.1, -0.05) is 26.0 Å². The van der Waals surface area contributed by atoms with E-state index < -0.39 is 21.7 Å². The van der Waals surface area contributed by atoms with Crippen LogP contribution in [0.25, 0.3) is 6.08 Å². The third-order valence-corrected chi connectivity index (χ3v) is 7.77. The van der Waals surface area contributed by atoms with E-state index >= 15 is 0 Å². The predicted octanol–water partition coefficient (Wildman–Crippen LogP) is 4.19. The highest BCUT2D eigenvalue weighted by atomic mass is 32.2. The highest BCUT2D eigenvalue weighted by molar-refractivity contribution is 7.91. The SMILES string of the molecule is CCOc1cc(/C=C(/C#N)C(=O)Nc2nc(S(=O)(=O)CC(C)C)ns2)ccc1OC(=O)c1cccs1. The number of carbonyl (C=O) groups excluding carboxylic acids is 2. The Morgan fingerprint density at radius 2 is 2.03 bits per heavy atom. The molecule has 0 radical (unpaired) electrons. The van der Waals surface area contributed by atoms with Crippen molar-refractivity contribution in [1.29, 1.82) is 5.26 Å². The monoisotopic (exact) mass is 546 g/mol. The zero-order valence-electron chi connectivity index (χ0n) is 19.5. The van der Waals surface area contributed by atoms with Crippen molar-refractivity contribution in [1.82, 2.24) is 9.36 Å². The van der Waals surface area contributed by atoms with Crippen LogP contribution in [0.15, 0.2) is 46.4 Å². The van der Waals surface area contributed by atoms with Crippen molar-refractivity contribution in [3.8, 4) is 17.6 Å². The van der Waals surface area contributed by atoms with Crippen molar-refractivity contribution in [2.75, 3.05) is 17.7 Å². The van der Waals surface area contributed by atoms with E-state index in [0.29, 0.717) is 28.6 Å². The number of thiophene rings is 1. The number of sulfone groups is 1. The maximum absolute atomic E-state index is 12.6. The third kappa shape index (κ3) is 6.97. The molecule has 1 aromatic carbocycles. The number of nitriles is 1. The maximum Gasteiger partial charge on any atom is 0.353 e. The molecule has 0 aliphatic rings. The first-order valence-corrected chi connectivity index (χ1v) is 14.0. The molecule has 188 valence electrons. The number of nitrogens with zero attached hydrogens (tertiary/aromatic N) is 3. The molecule has 0 unspecified atom stereocenters. The van der Waals surface area contributed by atoms with Gasteiger partial charge in [0.1, 0.15) is 16.5 Å². The topological polar surface area (TPSA) is 148 Å². The standard InChI is InChI=1S/C23H22N4O6S3/c1-4-32-18-11-15(7-8-17(18)33-21(29)19-6-5-9-34-19)10-16(12-24)20(28)25-22-26-23(27-35-22)36(30,31)13-14(2)3/h5-11,14H,4,13H2,1-3H3,(H,25,26,27,28)/b16-10-. The molecule has 0 saturated carbocycles. The lowest BCUT2D eigenvalue weighted by Crippen LogP contribution is -2.15. The average Bonchev–Trinajstić information content (AvgIpc) is 3.51.